The molecule has 0 unspecified atom stereocenters. The molecule has 0 saturated heterocycles. The average Bonchev–Trinajstić information content (AvgIpc) is 2.66. The largest absolute Gasteiger partial charge is 0.496 e. The Kier molecular flexibility index (Phi) is 3.00. The number of nitrogens with zero attached hydrogens (tertiary/aromatic N) is 1. The molecule has 0 saturated carbocycles. The number of fused-ring (bicyclic) bond motifs is 1. The van der Waals surface area contributed by atoms with E-state index >= 15 is 0 Å². The predicted octanol–water partition coefficient (Wildman–Crippen LogP) is 2.29. The Bertz CT molecular complexity index is 628. The first-order chi connectivity index (χ1) is 8.51. The van der Waals surface area contributed by atoms with E-state index < -0.39 is 6.09 Å². The van der Waals surface area contributed by atoms with E-state index in [4.69, 9.17) is 4.74 Å². The molecule has 1 aromatic heterocycles. The molecule has 5 heteroatoms. The standard InChI is InChI=1S/C13H15NO4/c1-7-4-11(18-3)10(6-15)9-5-8(2)14(12(7)9)13(16)17/h4-5,15H,6H2,1-3H3,(H,16,17). The zero-order valence-corrected chi connectivity index (χ0v) is 10.5. The van der Waals surface area contributed by atoms with E-state index in [0.29, 0.717) is 27.9 Å². The Hall–Kier alpha value is -2.01. The second-order valence-corrected chi connectivity index (χ2v) is 4.20. The van der Waals surface area contributed by atoms with Gasteiger partial charge in [0.2, 0.25) is 0 Å². The van der Waals surface area contributed by atoms with Crippen molar-refractivity contribution < 1.29 is 19.7 Å². The van der Waals surface area contributed by atoms with Gasteiger partial charge >= 0.3 is 6.09 Å². The van der Waals surface area contributed by atoms with Crippen molar-refractivity contribution in [2.45, 2.75) is 20.5 Å². The van der Waals surface area contributed by atoms with Crippen LogP contribution >= 0.6 is 0 Å². The van der Waals surface area contributed by atoms with Crippen molar-refractivity contribution >= 4 is 17.0 Å². The fourth-order valence-corrected chi connectivity index (χ4v) is 2.33. The van der Waals surface area contributed by atoms with Gasteiger partial charge in [-0.1, -0.05) is 0 Å². The third-order valence-electron chi connectivity index (χ3n) is 3.10. The first-order valence-electron chi connectivity index (χ1n) is 5.54. The van der Waals surface area contributed by atoms with Crippen LogP contribution in [-0.4, -0.2) is 28.0 Å². The van der Waals surface area contributed by atoms with Crippen molar-refractivity contribution in [1.29, 1.82) is 0 Å². The molecule has 1 heterocycles. The Morgan fingerprint density at radius 1 is 1.39 bits per heavy atom. The molecule has 2 N–H and O–H groups in total. The quantitative estimate of drug-likeness (QED) is 0.856. The normalized spacial score (nSPS) is 10.9. The number of aromatic nitrogens is 1. The summed E-state index contributed by atoms with van der Waals surface area (Å²) < 4.78 is 6.44. The summed E-state index contributed by atoms with van der Waals surface area (Å²) in [4.78, 5) is 11.3. The SMILES string of the molecule is COc1cc(C)c2c(cc(C)n2C(=O)O)c1CO. The van der Waals surface area contributed by atoms with E-state index in [1.807, 2.05) is 6.92 Å². The van der Waals surface area contributed by atoms with Gasteiger partial charge in [0.15, 0.2) is 0 Å². The van der Waals surface area contributed by atoms with Crippen LogP contribution in [-0.2, 0) is 6.61 Å². The van der Waals surface area contributed by atoms with Crippen molar-refractivity contribution in [3.8, 4) is 5.75 Å². The van der Waals surface area contributed by atoms with E-state index in [1.54, 1.807) is 19.1 Å². The molecular weight excluding hydrogens is 234 g/mol. The van der Waals surface area contributed by atoms with Crippen LogP contribution in [0.1, 0.15) is 16.8 Å². The van der Waals surface area contributed by atoms with Crippen molar-refractivity contribution in [3.63, 3.8) is 0 Å². The van der Waals surface area contributed by atoms with Crippen molar-refractivity contribution in [2.75, 3.05) is 7.11 Å². The van der Waals surface area contributed by atoms with Crippen LogP contribution in [0.25, 0.3) is 10.9 Å². The number of hydrogen-bond donors (Lipinski definition) is 2. The summed E-state index contributed by atoms with van der Waals surface area (Å²) in [6.07, 6.45) is -1.03. The molecule has 0 aliphatic heterocycles. The minimum atomic E-state index is -1.03. The molecule has 0 bridgehead atoms. The van der Waals surface area contributed by atoms with E-state index in [9.17, 15) is 15.0 Å². The number of carboxylic acid groups (broad SMARTS) is 1. The molecule has 0 aliphatic carbocycles. The van der Waals surface area contributed by atoms with Crippen molar-refractivity contribution in [2.24, 2.45) is 0 Å². The maximum absolute atomic E-state index is 11.3. The van der Waals surface area contributed by atoms with Crippen LogP contribution in [0.2, 0.25) is 0 Å². The van der Waals surface area contributed by atoms with Gasteiger partial charge in [-0.25, -0.2) is 9.36 Å². The molecule has 0 amide bonds. The number of benzene rings is 1. The highest BCUT2D eigenvalue weighted by molar-refractivity contribution is 5.95. The van der Waals surface area contributed by atoms with Crippen LogP contribution in [0.15, 0.2) is 12.1 Å². The molecule has 2 aromatic rings. The zero-order chi connectivity index (χ0) is 13.4. The summed E-state index contributed by atoms with van der Waals surface area (Å²) in [5.41, 5.74) is 2.63. The van der Waals surface area contributed by atoms with Gasteiger partial charge in [-0.3, -0.25) is 0 Å². The lowest BCUT2D eigenvalue weighted by Crippen LogP contribution is -2.10. The second-order valence-electron chi connectivity index (χ2n) is 4.20. The molecule has 18 heavy (non-hydrogen) atoms. The van der Waals surface area contributed by atoms with E-state index in [0.717, 1.165) is 5.56 Å². The first kappa shape index (κ1) is 12.4. The van der Waals surface area contributed by atoms with Gasteiger partial charge in [-0.2, -0.15) is 0 Å². The molecule has 0 atom stereocenters. The number of aliphatic hydroxyl groups excluding tert-OH is 1. The molecule has 2 rings (SSSR count). The van der Waals surface area contributed by atoms with Gasteiger partial charge in [0.05, 0.1) is 19.2 Å². The summed E-state index contributed by atoms with van der Waals surface area (Å²) >= 11 is 0. The number of methoxy groups -OCH3 is 1. The fraction of sp³-hybridized carbons (Fsp3) is 0.308. The van der Waals surface area contributed by atoms with Gasteiger partial charge in [0, 0.05) is 16.6 Å². The number of carbonyl (C=O) groups is 1. The summed E-state index contributed by atoms with van der Waals surface area (Å²) in [5.74, 6) is 0.574. The number of aliphatic hydroxyl groups is 1. The molecule has 0 fully saturated rings. The Balaban J connectivity index is 2.94. The number of aryl methyl sites for hydroxylation is 2. The van der Waals surface area contributed by atoms with Crippen molar-refractivity contribution in [1.82, 2.24) is 4.57 Å². The third-order valence-corrected chi connectivity index (χ3v) is 3.10. The molecular formula is C13H15NO4. The van der Waals surface area contributed by atoms with Crippen LogP contribution < -0.4 is 4.74 Å². The lowest BCUT2D eigenvalue weighted by atomic mass is 10.1. The Labute approximate surface area is 104 Å². The predicted molar refractivity (Wildman–Crippen MR) is 67.3 cm³/mol. The van der Waals surface area contributed by atoms with Crippen molar-refractivity contribution in [3.05, 3.63) is 29.0 Å². The van der Waals surface area contributed by atoms with Gasteiger partial charge in [-0.15, -0.1) is 0 Å². The average molecular weight is 249 g/mol. The van der Waals surface area contributed by atoms with Gasteiger partial charge in [-0.05, 0) is 31.5 Å². The highest BCUT2D eigenvalue weighted by Crippen LogP contribution is 2.33. The molecule has 0 aliphatic rings. The first-order valence-corrected chi connectivity index (χ1v) is 5.54. The van der Waals surface area contributed by atoms with Gasteiger partial charge in [0.25, 0.3) is 0 Å². The highest BCUT2D eigenvalue weighted by atomic mass is 16.5. The number of ether oxygens (including phenoxy) is 1. The van der Waals surface area contributed by atoms with Crippen LogP contribution in [0, 0.1) is 13.8 Å². The second kappa shape index (κ2) is 4.34. The topological polar surface area (TPSA) is 71.7 Å². The molecule has 5 nitrogen and oxygen atoms in total. The lowest BCUT2D eigenvalue weighted by Gasteiger charge is -2.11. The third kappa shape index (κ3) is 1.64. The summed E-state index contributed by atoms with van der Waals surface area (Å²) in [7, 11) is 1.53. The van der Waals surface area contributed by atoms with Crippen LogP contribution in [0.5, 0.6) is 5.75 Å². The number of rotatable bonds is 2. The number of hydrogen-bond acceptors (Lipinski definition) is 3. The molecule has 96 valence electrons. The zero-order valence-electron chi connectivity index (χ0n) is 10.5. The molecule has 0 radical (unpaired) electrons. The minimum absolute atomic E-state index is 0.191. The molecule has 0 spiro atoms. The van der Waals surface area contributed by atoms with E-state index in [2.05, 4.69) is 0 Å². The fourth-order valence-electron chi connectivity index (χ4n) is 2.33. The lowest BCUT2D eigenvalue weighted by molar-refractivity contribution is 0.197. The highest BCUT2D eigenvalue weighted by Gasteiger charge is 2.18. The summed E-state index contributed by atoms with van der Waals surface area (Å²) in [6, 6.07) is 3.50. The smallest absolute Gasteiger partial charge is 0.416 e. The van der Waals surface area contributed by atoms with E-state index in [1.165, 1.54) is 11.7 Å². The van der Waals surface area contributed by atoms with Gasteiger partial charge < -0.3 is 14.9 Å². The maximum atomic E-state index is 11.3. The molecule has 1 aromatic carbocycles. The summed E-state index contributed by atoms with van der Waals surface area (Å²) in [5, 5.41) is 19.4. The minimum Gasteiger partial charge on any atom is -0.496 e. The van der Waals surface area contributed by atoms with E-state index in [-0.39, 0.29) is 6.61 Å². The maximum Gasteiger partial charge on any atom is 0.416 e. The van der Waals surface area contributed by atoms with Crippen LogP contribution in [0.3, 0.4) is 0 Å². The Morgan fingerprint density at radius 2 is 2.06 bits per heavy atom. The Morgan fingerprint density at radius 3 is 2.56 bits per heavy atom. The van der Waals surface area contributed by atoms with Gasteiger partial charge in [0.1, 0.15) is 5.75 Å². The summed E-state index contributed by atoms with van der Waals surface area (Å²) in [6.45, 7) is 3.36. The van der Waals surface area contributed by atoms with Crippen LogP contribution in [0.4, 0.5) is 4.79 Å². The monoisotopic (exact) mass is 249 g/mol.